The van der Waals surface area contributed by atoms with Crippen molar-refractivity contribution in [3.63, 3.8) is 0 Å². The lowest BCUT2D eigenvalue weighted by molar-refractivity contribution is -0.122. The van der Waals surface area contributed by atoms with E-state index in [-0.39, 0.29) is 23.3 Å². The molecule has 6 heteroatoms. The van der Waals surface area contributed by atoms with Crippen molar-refractivity contribution in [3.8, 4) is 11.5 Å². The topological polar surface area (TPSA) is 47.6 Å². The zero-order valence-corrected chi connectivity index (χ0v) is 12.1. The molecule has 21 heavy (non-hydrogen) atoms. The number of carbonyl (C=O) groups is 1. The van der Waals surface area contributed by atoms with Gasteiger partial charge in [0.1, 0.15) is 0 Å². The lowest BCUT2D eigenvalue weighted by atomic mass is 10.1. The van der Waals surface area contributed by atoms with Crippen molar-refractivity contribution < 1.29 is 23.0 Å². The normalized spacial score (nSPS) is 20.2. The fourth-order valence-corrected chi connectivity index (χ4v) is 2.21. The molecule has 4 nitrogen and oxygen atoms in total. The highest BCUT2D eigenvalue weighted by Gasteiger charge is 2.38. The molecule has 0 aliphatic heterocycles. The van der Waals surface area contributed by atoms with Crippen LogP contribution in [0.15, 0.2) is 18.2 Å². The number of amides is 1. The van der Waals surface area contributed by atoms with Crippen LogP contribution in [0.1, 0.15) is 18.9 Å². The van der Waals surface area contributed by atoms with E-state index in [9.17, 15) is 13.6 Å². The first-order chi connectivity index (χ1) is 10.0. The Morgan fingerprint density at radius 3 is 2.71 bits per heavy atom. The van der Waals surface area contributed by atoms with E-state index in [1.807, 2.05) is 0 Å². The first-order valence-electron chi connectivity index (χ1n) is 6.90. The van der Waals surface area contributed by atoms with Gasteiger partial charge in [0.2, 0.25) is 5.91 Å². The zero-order chi connectivity index (χ0) is 15.4. The standard InChI is InChI=1S/C15H19F2NO3/c1-9-7-11(9)14(19)18-6-5-10-3-4-12(21-15(16)17)13(8-10)20-2/h3-4,8-9,11,15H,5-7H2,1-2H3,(H,18,19)/t9-,11-/m1/s1. The maximum Gasteiger partial charge on any atom is 0.387 e. The maximum atomic E-state index is 12.2. The van der Waals surface area contributed by atoms with Gasteiger partial charge in [-0.1, -0.05) is 13.0 Å². The molecule has 2 atom stereocenters. The van der Waals surface area contributed by atoms with Crippen molar-refractivity contribution in [2.75, 3.05) is 13.7 Å². The van der Waals surface area contributed by atoms with Crippen LogP contribution in [0, 0.1) is 11.8 Å². The SMILES string of the molecule is COc1cc(CCNC(=O)[C@@H]2C[C@H]2C)ccc1OC(F)F. The predicted octanol–water partition coefficient (Wildman–Crippen LogP) is 2.61. The number of halogens is 2. The molecule has 1 aliphatic rings. The summed E-state index contributed by atoms with van der Waals surface area (Å²) in [6.45, 7) is -0.318. The smallest absolute Gasteiger partial charge is 0.387 e. The Balaban J connectivity index is 1.87. The minimum absolute atomic E-state index is 0.00657. The average Bonchev–Trinajstić information content (AvgIpc) is 3.16. The van der Waals surface area contributed by atoms with Gasteiger partial charge in [0.15, 0.2) is 11.5 Å². The van der Waals surface area contributed by atoms with Crippen LogP contribution in [-0.2, 0) is 11.2 Å². The van der Waals surface area contributed by atoms with Crippen LogP contribution >= 0.6 is 0 Å². The number of ether oxygens (including phenoxy) is 2. The van der Waals surface area contributed by atoms with Crippen molar-refractivity contribution in [1.82, 2.24) is 5.32 Å². The van der Waals surface area contributed by atoms with E-state index in [0.717, 1.165) is 12.0 Å². The lowest BCUT2D eigenvalue weighted by Gasteiger charge is -2.11. The van der Waals surface area contributed by atoms with Gasteiger partial charge in [0.25, 0.3) is 0 Å². The number of alkyl halides is 2. The second-order valence-corrected chi connectivity index (χ2v) is 5.22. The van der Waals surface area contributed by atoms with Crippen molar-refractivity contribution in [2.45, 2.75) is 26.4 Å². The summed E-state index contributed by atoms with van der Waals surface area (Å²) in [6.07, 6.45) is 1.57. The molecule has 1 saturated carbocycles. The third kappa shape index (κ3) is 4.31. The summed E-state index contributed by atoms with van der Waals surface area (Å²) in [5.74, 6) is 0.992. The molecule has 0 heterocycles. The minimum atomic E-state index is -2.88. The summed E-state index contributed by atoms with van der Waals surface area (Å²) in [5, 5.41) is 2.88. The summed E-state index contributed by atoms with van der Waals surface area (Å²) < 4.78 is 33.8. The summed E-state index contributed by atoms with van der Waals surface area (Å²) in [4.78, 5) is 11.7. The van der Waals surface area contributed by atoms with Crippen molar-refractivity contribution >= 4 is 5.91 Å². The Morgan fingerprint density at radius 1 is 1.43 bits per heavy atom. The van der Waals surface area contributed by atoms with Crippen LogP contribution < -0.4 is 14.8 Å². The Bertz CT molecular complexity index is 508. The highest BCUT2D eigenvalue weighted by molar-refractivity contribution is 5.81. The van der Waals surface area contributed by atoms with Gasteiger partial charge in [0, 0.05) is 12.5 Å². The number of rotatable bonds is 7. The van der Waals surface area contributed by atoms with E-state index < -0.39 is 6.61 Å². The molecule has 1 aromatic rings. The van der Waals surface area contributed by atoms with E-state index >= 15 is 0 Å². The molecule has 1 fully saturated rings. The molecule has 0 unspecified atom stereocenters. The Labute approximate surface area is 122 Å². The van der Waals surface area contributed by atoms with Crippen molar-refractivity contribution in [3.05, 3.63) is 23.8 Å². The van der Waals surface area contributed by atoms with Crippen LogP contribution in [0.4, 0.5) is 8.78 Å². The molecule has 2 rings (SSSR count). The Kier molecular flexibility index (Phi) is 4.98. The van der Waals surface area contributed by atoms with Crippen LogP contribution in [0.5, 0.6) is 11.5 Å². The number of carbonyl (C=O) groups excluding carboxylic acids is 1. The molecule has 0 spiro atoms. The maximum absolute atomic E-state index is 12.2. The second-order valence-electron chi connectivity index (χ2n) is 5.22. The average molecular weight is 299 g/mol. The lowest BCUT2D eigenvalue weighted by Crippen LogP contribution is -2.27. The first kappa shape index (κ1) is 15.5. The largest absolute Gasteiger partial charge is 0.493 e. The number of hydrogen-bond donors (Lipinski definition) is 1. The van der Waals surface area contributed by atoms with Crippen LogP contribution in [0.3, 0.4) is 0 Å². The summed E-state index contributed by atoms with van der Waals surface area (Å²) in [7, 11) is 1.40. The van der Waals surface area contributed by atoms with Gasteiger partial charge in [-0.15, -0.1) is 0 Å². The molecule has 1 aliphatic carbocycles. The summed E-state index contributed by atoms with van der Waals surface area (Å²) >= 11 is 0. The summed E-state index contributed by atoms with van der Waals surface area (Å²) in [5.41, 5.74) is 0.887. The highest BCUT2D eigenvalue weighted by atomic mass is 19.3. The molecule has 116 valence electrons. The van der Waals surface area contributed by atoms with Gasteiger partial charge in [-0.2, -0.15) is 8.78 Å². The molecule has 0 radical (unpaired) electrons. The number of benzene rings is 1. The van der Waals surface area contributed by atoms with Gasteiger partial charge < -0.3 is 14.8 Å². The van der Waals surface area contributed by atoms with Crippen LogP contribution in [-0.4, -0.2) is 26.2 Å². The monoisotopic (exact) mass is 299 g/mol. The third-order valence-corrected chi connectivity index (χ3v) is 3.60. The van der Waals surface area contributed by atoms with Crippen LogP contribution in [0.25, 0.3) is 0 Å². The van der Waals surface area contributed by atoms with E-state index in [2.05, 4.69) is 17.0 Å². The predicted molar refractivity (Wildman–Crippen MR) is 73.6 cm³/mol. The third-order valence-electron chi connectivity index (χ3n) is 3.60. The fourth-order valence-electron chi connectivity index (χ4n) is 2.21. The highest BCUT2D eigenvalue weighted by Crippen LogP contribution is 2.37. The van der Waals surface area contributed by atoms with Gasteiger partial charge in [-0.25, -0.2) is 0 Å². The number of nitrogens with one attached hydrogen (secondary N) is 1. The van der Waals surface area contributed by atoms with Gasteiger partial charge >= 0.3 is 6.61 Å². The van der Waals surface area contributed by atoms with Crippen molar-refractivity contribution in [1.29, 1.82) is 0 Å². The molecule has 1 aromatic carbocycles. The Hall–Kier alpha value is -1.85. The quantitative estimate of drug-likeness (QED) is 0.842. The summed E-state index contributed by atoms with van der Waals surface area (Å²) in [6, 6.07) is 4.78. The van der Waals surface area contributed by atoms with E-state index in [1.54, 1.807) is 12.1 Å². The van der Waals surface area contributed by atoms with E-state index in [4.69, 9.17) is 4.74 Å². The Morgan fingerprint density at radius 2 is 2.14 bits per heavy atom. The van der Waals surface area contributed by atoms with Crippen molar-refractivity contribution in [2.24, 2.45) is 11.8 Å². The minimum Gasteiger partial charge on any atom is -0.493 e. The van der Waals surface area contributed by atoms with Gasteiger partial charge in [-0.05, 0) is 36.5 Å². The van der Waals surface area contributed by atoms with Gasteiger partial charge in [-0.3, -0.25) is 4.79 Å². The molecule has 1 amide bonds. The molecule has 0 saturated heterocycles. The van der Waals surface area contributed by atoms with E-state index in [1.165, 1.54) is 13.2 Å². The zero-order valence-electron chi connectivity index (χ0n) is 12.1. The number of methoxy groups -OCH3 is 1. The molecule has 0 aromatic heterocycles. The molecular weight excluding hydrogens is 280 g/mol. The molecule has 1 N–H and O–H groups in total. The second kappa shape index (κ2) is 6.74. The first-order valence-corrected chi connectivity index (χ1v) is 6.90. The van der Waals surface area contributed by atoms with Gasteiger partial charge in [0.05, 0.1) is 7.11 Å². The molecule has 0 bridgehead atoms. The van der Waals surface area contributed by atoms with E-state index in [0.29, 0.717) is 18.9 Å². The van der Waals surface area contributed by atoms with Crippen LogP contribution in [0.2, 0.25) is 0 Å². The fraction of sp³-hybridized carbons (Fsp3) is 0.533. The molecular formula is C15H19F2NO3. The number of hydrogen-bond acceptors (Lipinski definition) is 3.